The molecular formula is C20H19BrClN3OS. The second-order valence-corrected chi connectivity index (χ2v) is 8.61. The van der Waals surface area contributed by atoms with Crippen molar-refractivity contribution < 1.29 is 4.79 Å². The normalized spacial score (nSPS) is 18.8. The van der Waals surface area contributed by atoms with Crippen LogP contribution < -0.4 is 5.32 Å². The van der Waals surface area contributed by atoms with Gasteiger partial charge in [-0.3, -0.25) is 9.79 Å². The van der Waals surface area contributed by atoms with Crippen LogP contribution in [0.15, 0.2) is 63.0 Å². The van der Waals surface area contributed by atoms with Crippen LogP contribution in [0.25, 0.3) is 0 Å². The SMILES string of the molecule is CCC1(C)N=C(SCC(=O)Nc2ccc(Cl)cc2)C(c2ccc(Br)cc2)=N1. The predicted molar refractivity (Wildman–Crippen MR) is 119 cm³/mol. The maximum absolute atomic E-state index is 12.3. The zero-order valence-electron chi connectivity index (χ0n) is 15.0. The summed E-state index contributed by atoms with van der Waals surface area (Å²) in [4.78, 5) is 21.9. The number of benzene rings is 2. The molecule has 0 aliphatic carbocycles. The van der Waals surface area contributed by atoms with E-state index < -0.39 is 5.66 Å². The lowest BCUT2D eigenvalue weighted by Crippen LogP contribution is -2.17. The Morgan fingerprint density at radius 1 is 1.15 bits per heavy atom. The summed E-state index contributed by atoms with van der Waals surface area (Å²) in [6.07, 6.45) is 0.800. The van der Waals surface area contributed by atoms with E-state index in [9.17, 15) is 4.79 Å². The maximum Gasteiger partial charge on any atom is 0.234 e. The minimum atomic E-state index is -0.475. The highest BCUT2D eigenvalue weighted by Crippen LogP contribution is 2.30. The minimum Gasteiger partial charge on any atom is -0.325 e. The molecule has 7 heteroatoms. The highest BCUT2D eigenvalue weighted by atomic mass is 79.9. The number of hydrogen-bond acceptors (Lipinski definition) is 4. The maximum atomic E-state index is 12.3. The van der Waals surface area contributed by atoms with Crippen molar-refractivity contribution in [2.75, 3.05) is 11.1 Å². The highest BCUT2D eigenvalue weighted by Gasteiger charge is 2.31. The number of halogens is 2. The third kappa shape index (κ3) is 5.21. The lowest BCUT2D eigenvalue weighted by molar-refractivity contribution is -0.113. The molecule has 1 aliphatic heterocycles. The van der Waals surface area contributed by atoms with Crippen LogP contribution in [-0.2, 0) is 4.79 Å². The molecule has 1 heterocycles. The van der Waals surface area contributed by atoms with Crippen LogP contribution in [0.4, 0.5) is 5.69 Å². The molecule has 1 amide bonds. The van der Waals surface area contributed by atoms with E-state index in [0.29, 0.717) is 5.02 Å². The van der Waals surface area contributed by atoms with E-state index in [2.05, 4.69) is 28.2 Å². The average molecular weight is 465 g/mol. The monoisotopic (exact) mass is 463 g/mol. The minimum absolute atomic E-state index is 0.0923. The van der Waals surface area contributed by atoms with Gasteiger partial charge >= 0.3 is 0 Å². The number of hydrogen-bond donors (Lipinski definition) is 1. The molecule has 1 atom stereocenters. The lowest BCUT2D eigenvalue weighted by atomic mass is 10.1. The number of carbonyl (C=O) groups is 1. The average Bonchev–Trinajstić information content (AvgIpc) is 3.00. The Balaban J connectivity index is 1.70. The molecule has 0 fully saturated rings. The molecular weight excluding hydrogens is 446 g/mol. The fourth-order valence-electron chi connectivity index (χ4n) is 2.50. The van der Waals surface area contributed by atoms with E-state index in [1.165, 1.54) is 11.8 Å². The van der Waals surface area contributed by atoms with Crippen LogP contribution in [0, 0.1) is 0 Å². The molecule has 0 saturated carbocycles. The molecule has 1 aliphatic rings. The molecule has 2 aromatic carbocycles. The van der Waals surface area contributed by atoms with Crippen LogP contribution in [0.1, 0.15) is 25.8 Å². The van der Waals surface area contributed by atoms with Crippen LogP contribution in [0.5, 0.6) is 0 Å². The fourth-order valence-corrected chi connectivity index (χ4v) is 3.80. The summed E-state index contributed by atoms with van der Waals surface area (Å²) in [5.41, 5.74) is 2.09. The van der Waals surface area contributed by atoms with Gasteiger partial charge in [-0.15, -0.1) is 0 Å². The van der Waals surface area contributed by atoms with Gasteiger partial charge in [-0.1, -0.05) is 58.3 Å². The van der Waals surface area contributed by atoms with Crippen LogP contribution >= 0.6 is 39.3 Å². The molecule has 0 saturated heterocycles. The first kappa shape index (κ1) is 20.1. The van der Waals surface area contributed by atoms with E-state index in [0.717, 1.165) is 32.9 Å². The zero-order valence-corrected chi connectivity index (χ0v) is 18.2. The molecule has 2 aromatic rings. The molecule has 0 aromatic heterocycles. The standard InChI is InChI=1S/C20H19BrClN3OS/c1-3-20(2)24-18(13-4-6-14(21)7-5-13)19(25-20)27-12-17(26)23-16-10-8-15(22)9-11-16/h4-11H,3,12H2,1-2H3,(H,23,26). The molecule has 3 rings (SSSR count). The molecule has 1 N–H and O–H groups in total. The van der Waals surface area contributed by atoms with Gasteiger partial charge in [0.05, 0.1) is 11.5 Å². The summed E-state index contributed by atoms with van der Waals surface area (Å²) in [7, 11) is 0. The van der Waals surface area contributed by atoms with E-state index >= 15 is 0 Å². The number of rotatable bonds is 5. The Hall–Kier alpha value is -1.63. The van der Waals surface area contributed by atoms with Crippen molar-refractivity contribution in [2.45, 2.75) is 25.9 Å². The van der Waals surface area contributed by atoms with Crippen LogP contribution in [0.3, 0.4) is 0 Å². The van der Waals surface area contributed by atoms with E-state index in [-0.39, 0.29) is 11.7 Å². The van der Waals surface area contributed by atoms with Crippen molar-refractivity contribution >= 4 is 61.6 Å². The number of anilines is 1. The van der Waals surface area contributed by atoms with Gasteiger partial charge in [0.15, 0.2) is 0 Å². The summed E-state index contributed by atoms with van der Waals surface area (Å²) in [5.74, 6) is 0.168. The molecule has 27 heavy (non-hydrogen) atoms. The van der Waals surface area contributed by atoms with Crippen molar-refractivity contribution in [1.29, 1.82) is 0 Å². The number of aliphatic imine (C=N–C) groups is 2. The summed E-state index contributed by atoms with van der Waals surface area (Å²) >= 11 is 10.7. The van der Waals surface area contributed by atoms with E-state index in [1.54, 1.807) is 24.3 Å². The van der Waals surface area contributed by atoms with Gasteiger partial charge in [0.1, 0.15) is 10.7 Å². The number of carbonyl (C=O) groups excluding carboxylic acids is 1. The van der Waals surface area contributed by atoms with Crippen molar-refractivity contribution in [3.05, 3.63) is 63.6 Å². The Kier molecular flexibility index (Phi) is 6.40. The van der Waals surface area contributed by atoms with Crippen molar-refractivity contribution in [3.63, 3.8) is 0 Å². The van der Waals surface area contributed by atoms with E-state index in [4.69, 9.17) is 21.6 Å². The number of thioether (sulfide) groups is 1. The third-order valence-corrected chi connectivity index (χ3v) is 5.90. The Morgan fingerprint density at radius 3 is 2.44 bits per heavy atom. The Bertz CT molecular complexity index is 896. The smallest absolute Gasteiger partial charge is 0.234 e. The van der Waals surface area contributed by atoms with Gasteiger partial charge < -0.3 is 5.32 Å². The quantitative estimate of drug-likeness (QED) is 0.608. The second-order valence-electron chi connectivity index (χ2n) is 6.30. The zero-order chi connectivity index (χ0) is 19.4. The molecule has 1 unspecified atom stereocenters. The lowest BCUT2D eigenvalue weighted by Gasteiger charge is -2.13. The van der Waals surface area contributed by atoms with Gasteiger partial charge in [-0.05, 0) is 49.7 Å². The van der Waals surface area contributed by atoms with Gasteiger partial charge in [0, 0.05) is 20.7 Å². The van der Waals surface area contributed by atoms with Gasteiger partial charge in [0.2, 0.25) is 5.91 Å². The summed E-state index contributed by atoms with van der Waals surface area (Å²) in [5, 5.41) is 4.31. The number of nitrogens with one attached hydrogen (secondary N) is 1. The van der Waals surface area contributed by atoms with Gasteiger partial charge in [-0.2, -0.15) is 0 Å². The molecule has 0 bridgehead atoms. The highest BCUT2D eigenvalue weighted by molar-refractivity contribution is 9.10. The Labute approximate surface area is 176 Å². The summed E-state index contributed by atoms with van der Waals surface area (Å²) in [6, 6.07) is 15.0. The predicted octanol–water partition coefficient (Wildman–Crippen LogP) is 5.80. The van der Waals surface area contributed by atoms with Gasteiger partial charge in [-0.25, -0.2) is 4.99 Å². The first-order valence-corrected chi connectivity index (χ1v) is 10.7. The molecule has 0 radical (unpaired) electrons. The summed E-state index contributed by atoms with van der Waals surface area (Å²) < 4.78 is 1.01. The topological polar surface area (TPSA) is 53.8 Å². The molecule has 140 valence electrons. The summed E-state index contributed by atoms with van der Waals surface area (Å²) in [6.45, 7) is 4.07. The number of nitrogens with zero attached hydrogens (tertiary/aromatic N) is 2. The first-order valence-electron chi connectivity index (χ1n) is 8.53. The molecule has 4 nitrogen and oxygen atoms in total. The third-order valence-electron chi connectivity index (χ3n) is 4.15. The fraction of sp³-hybridized carbons (Fsp3) is 0.250. The molecule has 0 spiro atoms. The van der Waals surface area contributed by atoms with Gasteiger partial charge in [0.25, 0.3) is 0 Å². The largest absolute Gasteiger partial charge is 0.325 e. The number of amides is 1. The Morgan fingerprint density at radius 2 is 1.81 bits per heavy atom. The van der Waals surface area contributed by atoms with Crippen LogP contribution in [0.2, 0.25) is 5.02 Å². The second kappa shape index (κ2) is 8.59. The van der Waals surface area contributed by atoms with Crippen molar-refractivity contribution in [2.24, 2.45) is 9.98 Å². The van der Waals surface area contributed by atoms with Crippen LogP contribution in [-0.4, -0.2) is 28.1 Å². The van der Waals surface area contributed by atoms with Crippen molar-refractivity contribution in [3.8, 4) is 0 Å². The van der Waals surface area contributed by atoms with Crippen molar-refractivity contribution in [1.82, 2.24) is 0 Å². The van der Waals surface area contributed by atoms with E-state index in [1.807, 2.05) is 31.2 Å². The first-order chi connectivity index (χ1) is 12.9.